The van der Waals surface area contributed by atoms with Gasteiger partial charge in [-0.15, -0.1) is 0 Å². The molecule has 2 bridgehead atoms. The standard InChI is InChI=1S/C32H31NO/c1-20-13-21(2)16-27(15-20)33(28-17-22(3)14-23(4)18-28)26-8-5-24(6-9-26)25-7-10-29-30(19-25)32-12-11-31(29)34-32/h5-10,13-19,31-32H,11-12H2,1-4H3. The van der Waals surface area contributed by atoms with Gasteiger partial charge in [0.2, 0.25) is 0 Å². The Kier molecular flexibility index (Phi) is 5.08. The highest BCUT2D eigenvalue weighted by Gasteiger charge is 2.37. The van der Waals surface area contributed by atoms with Gasteiger partial charge in [-0.3, -0.25) is 0 Å². The SMILES string of the molecule is Cc1cc(C)cc(N(c2ccc(-c3ccc4c(c3)C3CCC4O3)cc2)c2cc(C)cc(C)c2)c1. The van der Waals surface area contributed by atoms with Gasteiger partial charge in [0, 0.05) is 17.1 Å². The fraction of sp³-hybridized carbons (Fsp3) is 0.250. The number of ether oxygens (including phenoxy) is 1. The lowest BCUT2D eigenvalue weighted by atomic mass is 9.89. The molecule has 0 amide bonds. The average molecular weight is 446 g/mol. The van der Waals surface area contributed by atoms with Crippen LogP contribution in [0.3, 0.4) is 0 Å². The van der Waals surface area contributed by atoms with E-state index in [1.807, 2.05) is 0 Å². The van der Waals surface area contributed by atoms with Crippen LogP contribution in [0.5, 0.6) is 0 Å². The molecule has 2 unspecified atom stereocenters. The van der Waals surface area contributed by atoms with Gasteiger partial charge in [0.1, 0.15) is 0 Å². The fourth-order valence-corrected chi connectivity index (χ4v) is 5.83. The lowest BCUT2D eigenvalue weighted by molar-refractivity contribution is 0.0717. The molecule has 2 heterocycles. The minimum Gasteiger partial charge on any atom is -0.366 e. The van der Waals surface area contributed by atoms with Gasteiger partial charge in [-0.2, -0.15) is 0 Å². The maximum absolute atomic E-state index is 6.11. The second-order valence-electron chi connectivity index (χ2n) is 10.1. The predicted octanol–water partition coefficient (Wildman–Crippen LogP) is 8.96. The van der Waals surface area contributed by atoms with Gasteiger partial charge in [0.15, 0.2) is 0 Å². The normalized spacial score (nSPS) is 18.2. The third-order valence-electron chi connectivity index (χ3n) is 7.19. The first-order chi connectivity index (χ1) is 16.4. The molecule has 0 N–H and O–H groups in total. The summed E-state index contributed by atoms with van der Waals surface area (Å²) in [5, 5.41) is 0. The van der Waals surface area contributed by atoms with Crippen LogP contribution < -0.4 is 4.90 Å². The minimum absolute atomic E-state index is 0.295. The summed E-state index contributed by atoms with van der Waals surface area (Å²) in [5.74, 6) is 0. The topological polar surface area (TPSA) is 12.5 Å². The van der Waals surface area contributed by atoms with E-state index in [4.69, 9.17) is 4.74 Å². The van der Waals surface area contributed by atoms with Gasteiger partial charge in [-0.05, 0) is 128 Å². The molecule has 2 aliphatic heterocycles. The molecule has 34 heavy (non-hydrogen) atoms. The quantitative estimate of drug-likeness (QED) is 0.311. The van der Waals surface area contributed by atoms with Crippen molar-refractivity contribution in [2.24, 2.45) is 0 Å². The fourth-order valence-electron chi connectivity index (χ4n) is 5.83. The molecule has 0 radical (unpaired) electrons. The molecule has 6 rings (SSSR count). The van der Waals surface area contributed by atoms with Crippen molar-refractivity contribution in [2.75, 3.05) is 4.90 Å². The predicted molar refractivity (Wildman–Crippen MR) is 141 cm³/mol. The van der Waals surface area contributed by atoms with Crippen molar-refractivity contribution >= 4 is 17.1 Å². The molecule has 2 heteroatoms. The van der Waals surface area contributed by atoms with Gasteiger partial charge in [0.25, 0.3) is 0 Å². The Bertz CT molecular complexity index is 1290. The second-order valence-corrected chi connectivity index (χ2v) is 10.1. The number of benzene rings is 4. The zero-order valence-electron chi connectivity index (χ0n) is 20.4. The first kappa shape index (κ1) is 21.2. The van der Waals surface area contributed by atoms with Crippen LogP contribution in [0.4, 0.5) is 17.1 Å². The van der Waals surface area contributed by atoms with Crippen molar-refractivity contribution in [1.82, 2.24) is 0 Å². The molecular formula is C32H31NO. The first-order valence-corrected chi connectivity index (χ1v) is 12.3. The Morgan fingerprint density at radius 3 is 1.59 bits per heavy atom. The molecule has 2 nitrogen and oxygen atoms in total. The third kappa shape index (κ3) is 3.73. The zero-order chi connectivity index (χ0) is 23.4. The van der Waals surface area contributed by atoms with Crippen LogP contribution in [0.15, 0.2) is 78.9 Å². The van der Waals surface area contributed by atoms with E-state index >= 15 is 0 Å². The Labute approximate surface area is 202 Å². The van der Waals surface area contributed by atoms with Gasteiger partial charge < -0.3 is 9.64 Å². The summed E-state index contributed by atoms with van der Waals surface area (Å²) in [6.07, 6.45) is 2.93. The molecule has 0 aromatic heterocycles. The number of fused-ring (bicyclic) bond motifs is 5. The Morgan fingerprint density at radius 2 is 1.03 bits per heavy atom. The van der Waals surface area contributed by atoms with Gasteiger partial charge in [0.05, 0.1) is 12.2 Å². The highest BCUT2D eigenvalue weighted by molar-refractivity contribution is 5.79. The number of hydrogen-bond donors (Lipinski definition) is 0. The molecule has 0 saturated carbocycles. The van der Waals surface area contributed by atoms with Crippen LogP contribution in [0.2, 0.25) is 0 Å². The molecule has 4 aromatic rings. The van der Waals surface area contributed by atoms with Crippen LogP contribution in [0.25, 0.3) is 11.1 Å². The monoisotopic (exact) mass is 445 g/mol. The van der Waals surface area contributed by atoms with E-state index in [0.717, 1.165) is 6.42 Å². The molecule has 4 aromatic carbocycles. The van der Waals surface area contributed by atoms with Gasteiger partial charge in [-0.25, -0.2) is 0 Å². The van der Waals surface area contributed by atoms with E-state index in [1.54, 1.807) is 0 Å². The van der Waals surface area contributed by atoms with Crippen LogP contribution in [0, 0.1) is 27.7 Å². The third-order valence-corrected chi connectivity index (χ3v) is 7.19. The maximum atomic E-state index is 6.11. The second kappa shape index (κ2) is 8.14. The maximum Gasteiger partial charge on any atom is 0.0838 e. The lowest BCUT2D eigenvalue weighted by Crippen LogP contribution is -2.11. The van der Waals surface area contributed by atoms with Crippen molar-refractivity contribution in [2.45, 2.75) is 52.7 Å². The van der Waals surface area contributed by atoms with Crippen molar-refractivity contribution in [1.29, 1.82) is 0 Å². The summed E-state index contributed by atoms with van der Waals surface area (Å²) in [4.78, 5) is 2.37. The van der Waals surface area contributed by atoms with Gasteiger partial charge >= 0.3 is 0 Å². The van der Waals surface area contributed by atoms with Crippen LogP contribution in [0.1, 0.15) is 58.4 Å². The first-order valence-electron chi connectivity index (χ1n) is 12.3. The Hall–Kier alpha value is -3.36. The highest BCUT2D eigenvalue weighted by Crippen LogP contribution is 2.51. The molecular weight excluding hydrogens is 414 g/mol. The number of nitrogens with zero attached hydrogens (tertiary/aromatic N) is 1. The number of anilines is 3. The average Bonchev–Trinajstić information content (AvgIpc) is 3.41. The van der Waals surface area contributed by atoms with Crippen molar-refractivity contribution in [3.05, 3.63) is 112 Å². The van der Waals surface area contributed by atoms with E-state index in [1.165, 1.54) is 68.0 Å². The highest BCUT2D eigenvalue weighted by atomic mass is 16.5. The molecule has 1 saturated heterocycles. The summed E-state index contributed by atoms with van der Waals surface area (Å²) in [5.41, 5.74) is 14.0. The summed E-state index contributed by atoms with van der Waals surface area (Å²) in [7, 11) is 0. The van der Waals surface area contributed by atoms with Crippen molar-refractivity contribution in [3.8, 4) is 11.1 Å². The molecule has 0 aliphatic carbocycles. The molecule has 0 spiro atoms. The summed E-state index contributed by atoms with van der Waals surface area (Å²) in [6.45, 7) is 8.68. The van der Waals surface area contributed by atoms with Crippen molar-refractivity contribution in [3.63, 3.8) is 0 Å². The lowest BCUT2D eigenvalue weighted by Gasteiger charge is -2.27. The van der Waals surface area contributed by atoms with E-state index in [0.29, 0.717) is 12.2 Å². The summed E-state index contributed by atoms with van der Waals surface area (Å²) >= 11 is 0. The van der Waals surface area contributed by atoms with Gasteiger partial charge in [-0.1, -0.05) is 36.4 Å². The van der Waals surface area contributed by atoms with E-state index in [2.05, 4.69) is 111 Å². The summed E-state index contributed by atoms with van der Waals surface area (Å²) < 4.78 is 6.11. The van der Waals surface area contributed by atoms with E-state index < -0.39 is 0 Å². The van der Waals surface area contributed by atoms with Crippen molar-refractivity contribution < 1.29 is 4.74 Å². The Balaban J connectivity index is 1.41. The van der Waals surface area contributed by atoms with E-state index in [-0.39, 0.29) is 0 Å². The molecule has 2 aliphatic rings. The molecule has 1 fully saturated rings. The number of hydrogen-bond acceptors (Lipinski definition) is 2. The smallest absolute Gasteiger partial charge is 0.0838 e. The van der Waals surface area contributed by atoms with Crippen LogP contribution in [-0.2, 0) is 4.74 Å². The van der Waals surface area contributed by atoms with Crippen LogP contribution in [-0.4, -0.2) is 0 Å². The number of aryl methyl sites for hydroxylation is 4. The Morgan fingerprint density at radius 1 is 0.529 bits per heavy atom. The summed E-state index contributed by atoms with van der Waals surface area (Å²) in [6, 6.07) is 29.4. The van der Waals surface area contributed by atoms with Crippen LogP contribution >= 0.6 is 0 Å². The largest absolute Gasteiger partial charge is 0.366 e. The molecule has 2 atom stereocenters. The van der Waals surface area contributed by atoms with E-state index in [9.17, 15) is 0 Å². The molecule has 170 valence electrons. The zero-order valence-corrected chi connectivity index (χ0v) is 20.4. The number of rotatable bonds is 4. The minimum atomic E-state index is 0.295.